The molecule has 1 N–H and O–H groups in total. The average molecular weight is 508 g/mol. The van der Waals surface area contributed by atoms with Crippen LogP contribution in [-0.4, -0.2) is 101 Å². The first-order valence-corrected chi connectivity index (χ1v) is 12.5. The summed E-state index contributed by atoms with van der Waals surface area (Å²) in [5, 5.41) is 10.1. The molecule has 0 unspecified atom stereocenters. The van der Waals surface area contributed by atoms with Gasteiger partial charge in [-0.25, -0.2) is 9.59 Å². The van der Waals surface area contributed by atoms with Crippen molar-refractivity contribution < 1.29 is 33.8 Å². The molecule has 192 valence electrons. The van der Waals surface area contributed by atoms with Gasteiger partial charge in [0, 0.05) is 37.2 Å². The number of carbonyl (C=O) groups excluding carboxylic acids is 4. The quantitative estimate of drug-likeness (QED) is 0.269. The predicted molar refractivity (Wildman–Crippen MR) is 130 cm³/mol. The highest BCUT2D eigenvalue weighted by Crippen LogP contribution is 2.49. The topological polar surface area (TPSA) is 117 Å². The lowest BCUT2D eigenvalue weighted by atomic mass is 9.82. The molecule has 3 aliphatic heterocycles. The minimum Gasteiger partial charge on any atom is -0.457 e. The van der Waals surface area contributed by atoms with E-state index in [4.69, 9.17) is 9.47 Å². The summed E-state index contributed by atoms with van der Waals surface area (Å²) in [6.45, 7) is 9.16. The van der Waals surface area contributed by atoms with Gasteiger partial charge in [0.05, 0.1) is 18.1 Å². The second-order valence-corrected chi connectivity index (χ2v) is 10.3. The first-order valence-electron chi connectivity index (χ1n) is 11.6. The average Bonchev–Trinajstić information content (AvgIpc) is 3.39. The van der Waals surface area contributed by atoms with E-state index in [1.165, 1.54) is 38.6 Å². The Hall–Kier alpha value is -2.79. The van der Waals surface area contributed by atoms with E-state index in [-0.39, 0.29) is 48.6 Å². The highest BCUT2D eigenvalue weighted by Gasteiger charge is 2.58. The van der Waals surface area contributed by atoms with Gasteiger partial charge in [-0.15, -0.1) is 11.8 Å². The number of hydrogen-bond donors (Lipinski definition) is 1. The molecule has 2 saturated heterocycles. The summed E-state index contributed by atoms with van der Waals surface area (Å²) in [6.07, 6.45) is 2.70. The summed E-state index contributed by atoms with van der Waals surface area (Å²) in [6, 6.07) is -1.02. The van der Waals surface area contributed by atoms with Crippen LogP contribution in [0, 0.1) is 5.92 Å². The van der Waals surface area contributed by atoms with Crippen molar-refractivity contribution in [1.82, 2.24) is 14.7 Å². The SMILES string of the molecule is C=CCOC(=O)C1=C(S[C@H]2C[C@@H](C(=O)N(C)C)N(C(=O)OCC=C)C2)C[C@@H]2[C@H]([C@@H](O)CC)C(=O)N12. The lowest BCUT2D eigenvalue weighted by Gasteiger charge is -2.45. The number of aliphatic hydroxyl groups is 1. The Morgan fingerprint density at radius 1 is 1.23 bits per heavy atom. The van der Waals surface area contributed by atoms with Crippen molar-refractivity contribution in [1.29, 1.82) is 0 Å². The summed E-state index contributed by atoms with van der Waals surface area (Å²) < 4.78 is 10.4. The van der Waals surface area contributed by atoms with E-state index in [1.807, 2.05) is 0 Å². The van der Waals surface area contributed by atoms with Crippen molar-refractivity contribution >= 4 is 35.6 Å². The molecule has 0 bridgehead atoms. The van der Waals surface area contributed by atoms with E-state index in [9.17, 15) is 24.3 Å². The summed E-state index contributed by atoms with van der Waals surface area (Å²) in [4.78, 5) is 56.0. The van der Waals surface area contributed by atoms with E-state index in [1.54, 1.807) is 21.0 Å². The van der Waals surface area contributed by atoms with Crippen molar-refractivity contribution in [2.75, 3.05) is 33.9 Å². The van der Waals surface area contributed by atoms with Crippen LogP contribution in [0.15, 0.2) is 35.9 Å². The Morgan fingerprint density at radius 3 is 2.49 bits per heavy atom. The van der Waals surface area contributed by atoms with Crippen molar-refractivity contribution in [2.45, 2.75) is 49.6 Å². The van der Waals surface area contributed by atoms with E-state index in [0.29, 0.717) is 24.2 Å². The maximum absolute atomic E-state index is 12.9. The van der Waals surface area contributed by atoms with Crippen LogP contribution in [0.25, 0.3) is 0 Å². The number of amides is 3. The molecule has 3 rings (SSSR count). The Balaban J connectivity index is 1.84. The summed E-state index contributed by atoms with van der Waals surface area (Å²) in [5.41, 5.74) is 0.176. The molecule has 0 aromatic carbocycles. The maximum Gasteiger partial charge on any atom is 0.410 e. The number of likely N-dealkylation sites (tertiary alicyclic amines) is 1. The molecule has 0 aromatic heterocycles. The zero-order chi connectivity index (χ0) is 25.9. The van der Waals surface area contributed by atoms with Crippen LogP contribution in [0.5, 0.6) is 0 Å². The molecule has 2 fully saturated rings. The lowest BCUT2D eigenvalue weighted by Crippen LogP contribution is -2.62. The Bertz CT molecular complexity index is 934. The van der Waals surface area contributed by atoms with Crippen molar-refractivity contribution in [3.05, 3.63) is 35.9 Å². The molecular formula is C24H33N3O7S. The van der Waals surface area contributed by atoms with Gasteiger partial charge in [0.25, 0.3) is 0 Å². The first-order chi connectivity index (χ1) is 16.7. The third-order valence-corrected chi connectivity index (χ3v) is 7.70. The standard InChI is InChI=1S/C24H33N3O7S/c1-6-9-33-23(31)20-18(12-15-19(17(28)8-3)22(30)27(15)20)35-14-11-16(21(29)25(4)5)26(13-14)24(32)34-10-7-2/h6-7,14-17,19,28H,1-2,8-13H2,3-5H3/t14-,15+,16-,17-,19+/m0/s1. The monoisotopic (exact) mass is 507 g/mol. The van der Waals surface area contributed by atoms with Crippen LogP contribution in [0.1, 0.15) is 26.2 Å². The first kappa shape index (κ1) is 26.8. The number of esters is 1. The van der Waals surface area contributed by atoms with Crippen molar-refractivity contribution in [3.63, 3.8) is 0 Å². The van der Waals surface area contributed by atoms with Gasteiger partial charge in [-0.1, -0.05) is 32.2 Å². The van der Waals surface area contributed by atoms with Gasteiger partial charge in [-0.3, -0.25) is 14.5 Å². The van der Waals surface area contributed by atoms with E-state index in [0.717, 1.165) is 0 Å². The molecule has 10 nitrogen and oxygen atoms in total. The molecular weight excluding hydrogens is 474 g/mol. The van der Waals surface area contributed by atoms with Gasteiger partial charge >= 0.3 is 12.1 Å². The molecule has 35 heavy (non-hydrogen) atoms. The fourth-order valence-electron chi connectivity index (χ4n) is 4.71. The highest BCUT2D eigenvalue weighted by molar-refractivity contribution is 8.03. The summed E-state index contributed by atoms with van der Waals surface area (Å²) in [5.74, 6) is -1.72. The van der Waals surface area contributed by atoms with Gasteiger partial charge < -0.3 is 24.4 Å². The number of rotatable bonds is 10. The molecule has 11 heteroatoms. The van der Waals surface area contributed by atoms with E-state index in [2.05, 4.69) is 13.2 Å². The second-order valence-electron chi connectivity index (χ2n) is 8.88. The molecule has 0 saturated carbocycles. The predicted octanol–water partition coefficient (Wildman–Crippen LogP) is 1.52. The number of thioether (sulfide) groups is 1. The van der Waals surface area contributed by atoms with Gasteiger partial charge in [0.1, 0.15) is 25.0 Å². The van der Waals surface area contributed by atoms with Crippen LogP contribution in [0.2, 0.25) is 0 Å². The van der Waals surface area contributed by atoms with Crippen LogP contribution < -0.4 is 0 Å². The number of β-lactam (4-membered cyclic amide) rings is 1. The number of carbonyl (C=O) groups is 4. The minimum atomic E-state index is -0.790. The van der Waals surface area contributed by atoms with Crippen LogP contribution in [0.3, 0.4) is 0 Å². The highest BCUT2D eigenvalue weighted by atomic mass is 32.2. The number of fused-ring (bicyclic) bond motifs is 1. The smallest absolute Gasteiger partial charge is 0.410 e. The number of ether oxygens (including phenoxy) is 2. The molecule has 5 atom stereocenters. The molecule has 0 spiro atoms. The second kappa shape index (κ2) is 11.3. The molecule has 0 aromatic rings. The maximum atomic E-state index is 12.9. The van der Waals surface area contributed by atoms with Gasteiger partial charge in [0.2, 0.25) is 11.8 Å². The van der Waals surface area contributed by atoms with Gasteiger partial charge in [0.15, 0.2) is 0 Å². The Labute approximate surface area is 209 Å². The van der Waals surface area contributed by atoms with Crippen LogP contribution in [-0.2, 0) is 23.9 Å². The summed E-state index contributed by atoms with van der Waals surface area (Å²) in [7, 11) is 3.25. The van der Waals surface area contributed by atoms with Crippen molar-refractivity contribution in [2.24, 2.45) is 5.92 Å². The third kappa shape index (κ3) is 5.25. The summed E-state index contributed by atoms with van der Waals surface area (Å²) >= 11 is 1.37. The largest absolute Gasteiger partial charge is 0.457 e. The minimum absolute atomic E-state index is 0.000246. The third-order valence-electron chi connectivity index (χ3n) is 6.38. The van der Waals surface area contributed by atoms with E-state index < -0.39 is 30.1 Å². The zero-order valence-electron chi connectivity index (χ0n) is 20.3. The Morgan fingerprint density at radius 2 is 1.89 bits per heavy atom. The number of aliphatic hydroxyl groups excluding tert-OH is 1. The molecule has 0 radical (unpaired) electrons. The fraction of sp³-hybridized carbons (Fsp3) is 0.583. The molecule has 3 aliphatic rings. The lowest BCUT2D eigenvalue weighted by molar-refractivity contribution is -0.163. The Kier molecular flexibility index (Phi) is 8.65. The molecule has 3 amide bonds. The number of nitrogens with zero attached hydrogens (tertiary/aromatic N) is 3. The van der Waals surface area contributed by atoms with E-state index >= 15 is 0 Å². The normalized spacial score (nSPS) is 26.1. The number of likely N-dealkylation sites (N-methyl/N-ethyl adjacent to an activating group) is 1. The van der Waals surface area contributed by atoms with Gasteiger partial charge in [-0.2, -0.15) is 0 Å². The zero-order valence-corrected chi connectivity index (χ0v) is 21.2. The van der Waals surface area contributed by atoms with Crippen LogP contribution in [0.4, 0.5) is 4.79 Å². The molecule has 3 heterocycles. The van der Waals surface area contributed by atoms with Crippen LogP contribution >= 0.6 is 11.8 Å². The van der Waals surface area contributed by atoms with Crippen molar-refractivity contribution in [3.8, 4) is 0 Å². The van der Waals surface area contributed by atoms with Gasteiger partial charge in [-0.05, 0) is 12.8 Å². The number of hydrogen-bond acceptors (Lipinski definition) is 8. The molecule has 0 aliphatic carbocycles. The fourth-order valence-corrected chi connectivity index (χ4v) is 6.18.